The first-order valence-corrected chi connectivity index (χ1v) is 13.2. The van der Waals surface area contributed by atoms with E-state index in [1.807, 2.05) is 43.3 Å². The zero-order valence-corrected chi connectivity index (χ0v) is 22.4. The Hall–Kier alpha value is -3.56. The molecule has 0 aromatic heterocycles. The Morgan fingerprint density at radius 1 is 1.08 bits per heavy atom. The molecule has 204 valence electrons. The summed E-state index contributed by atoms with van der Waals surface area (Å²) in [5, 5.41) is 11.2. The van der Waals surface area contributed by atoms with Crippen molar-refractivity contribution in [3.8, 4) is 11.5 Å². The van der Waals surface area contributed by atoms with E-state index >= 15 is 0 Å². The minimum absolute atomic E-state index is 0.134. The molecular formula is C29H38N4O5. The maximum absolute atomic E-state index is 13.4. The van der Waals surface area contributed by atoms with E-state index in [2.05, 4.69) is 5.43 Å². The van der Waals surface area contributed by atoms with E-state index in [1.165, 1.54) is 22.8 Å². The van der Waals surface area contributed by atoms with E-state index in [4.69, 9.17) is 9.47 Å². The highest BCUT2D eigenvalue weighted by molar-refractivity contribution is 5.97. The lowest BCUT2D eigenvalue weighted by Crippen LogP contribution is -2.43. The van der Waals surface area contributed by atoms with Crippen LogP contribution in [0.5, 0.6) is 11.5 Å². The molecule has 0 bridgehead atoms. The van der Waals surface area contributed by atoms with E-state index in [9.17, 15) is 14.7 Å². The van der Waals surface area contributed by atoms with Gasteiger partial charge in [0.15, 0.2) is 11.5 Å². The van der Waals surface area contributed by atoms with Crippen molar-refractivity contribution in [3.63, 3.8) is 0 Å². The highest BCUT2D eigenvalue weighted by Gasteiger charge is 2.25. The minimum atomic E-state index is -1.04. The highest BCUT2D eigenvalue weighted by Crippen LogP contribution is 2.35. The number of rotatable bonds is 10. The van der Waals surface area contributed by atoms with E-state index < -0.39 is 6.09 Å². The molecule has 1 atom stereocenters. The predicted molar refractivity (Wildman–Crippen MR) is 147 cm³/mol. The number of nitrogens with zero attached hydrogens (tertiary/aromatic N) is 3. The second kappa shape index (κ2) is 12.8. The van der Waals surface area contributed by atoms with Gasteiger partial charge in [-0.05, 0) is 95.1 Å². The molecule has 1 heterocycles. The number of hydrazine groups is 1. The number of methoxy groups -OCH3 is 1. The highest BCUT2D eigenvalue weighted by atomic mass is 16.5. The Kier molecular flexibility index (Phi) is 9.25. The Morgan fingerprint density at radius 3 is 2.58 bits per heavy atom. The first kappa shape index (κ1) is 27.5. The van der Waals surface area contributed by atoms with Crippen LogP contribution in [0, 0.1) is 0 Å². The molecule has 4 rings (SSSR count). The quantitative estimate of drug-likeness (QED) is 0.451. The van der Waals surface area contributed by atoms with Crippen molar-refractivity contribution in [2.75, 3.05) is 39.2 Å². The number of benzene rings is 2. The summed E-state index contributed by atoms with van der Waals surface area (Å²) < 4.78 is 11.8. The minimum Gasteiger partial charge on any atom is -0.493 e. The maximum atomic E-state index is 13.4. The number of anilines is 1. The van der Waals surface area contributed by atoms with Crippen LogP contribution in [0.25, 0.3) is 0 Å². The fourth-order valence-electron chi connectivity index (χ4n) is 4.92. The molecule has 0 saturated heterocycles. The molecule has 2 aliphatic rings. The summed E-state index contributed by atoms with van der Waals surface area (Å²) in [4.78, 5) is 28.6. The number of carboxylic acid groups (broad SMARTS) is 1. The molecular weight excluding hydrogens is 484 g/mol. The first-order chi connectivity index (χ1) is 18.4. The second-order valence-electron chi connectivity index (χ2n) is 10.1. The predicted octanol–water partition coefficient (Wildman–Crippen LogP) is 5.06. The lowest BCUT2D eigenvalue weighted by atomic mass is 10.0. The summed E-state index contributed by atoms with van der Waals surface area (Å²) >= 11 is 0. The van der Waals surface area contributed by atoms with Crippen molar-refractivity contribution in [1.82, 2.24) is 15.3 Å². The molecule has 1 fully saturated rings. The molecule has 38 heavy (non-hydrogen) atoms. The first-order valence-electron chi connectivity index (χ1n) is 13.2. The monoisotopic (exact) mass is 522 g/mol. The van der Waals surface area contributed by atoms with Crippen molar-refractivity contribution < 1.29 is 24.2 Å². The van der Waals surface area contributed by atoms with Crippen LogP contribution < -0.4 is 19.8 Å². The summed E-state index contributed by atoms with van der Waals surface area (Å²) in [6, 6.07) is 12.5. The number of amides is 2. The van der Waals surface area contributed by atoms with Crippen LogP contribution in [0.4, 0.5) is 10.5 Å². The Balaban J connectivity index is 1.48. The van der Waals surface area contributed by atoms with E-state index in [0.29, 0.717) is 36.4 Å². The number of carbonyl (C=O) groups is 2. The third-order valence-electron chi connectivity index (χ3n) is 6.95. The number of ether oxygens (including phenoxy) is 2. The van der Waals surface area contributed by atoms with Crippen LogP contribution in [-0.2, 0) is 0 Å². The molecule has 9 heteroatoms. The van der Waals surface area contributed by atoms with Gasteiger partial charge in [0.1, 0.15) is 0 Å². The fraction of sp³-hybridized carbons (Fsp3) is 0.448. The van der Waals surface area contributed by atoms with Crippen LogP contribution >= 0.6 is 0 Å². The Bertz CT molecular complexity index is 1150. The van der Waals surface area contributed by atoms with Crippen molar-refractivity contribution in [3.05, 3.63) is 65.9 Å². The third kappa shape index (κ3) is 6.85. The SMILES string of the molecule is COc1ccc(C2CC=CN(C(=O)c3cccc(N(CCCN(C)C)C(=O)O)c3)N2)cc1OC1CCCC1. The molecule has 2 aromatic carbocycles. The number of hydrogen-bond donors (Lipinski definition) is 2. The van der Waals surface area contributed by atoms with E-state index in [0.717, 1.165) is 30.7 Å². The van der Waals surface area contributed by atoms with Gasteiger partial charge in [-0.1, -0.05) is 18.2 Å². The third-order valence-corrected chi connectivity index (χ3v) is 6.95. The van der Waals surface area contributed by atoms with Gasteiger partial charge >= 0.3 is 6.09 Å². The summed E-state index contributed by atoms with van der Waals surface area (Å²) in [6.07, 6.45) is 8.69. The molecule has 1 saturated carbocycles. The summed E-state index contributed by atoms with van der Waals surface area (Å²) in [5.41, 5.74) is 5.18. The number of nitrogens with one attached hydrogen (secondary N) is 1. The van der Waals surface area contributed by atoms with Gasteiger partial charge in [0.2, 0.25) is 0 Å². The maximum Gasteiger partial charge on any atom is 0.411 e. The van der Waals surface area contributed by atoms with Gasteiger partial charge in [-0.25, -0.2) is 15.2 Å². The van der Waals surface area contributed by atoms with Gasteiger partial charge in [0.25, 0.3) is 5.91 Å². The topological polar surface area (TPSA) is 94.6 Å². The number of hydrogen-bond acceptors (Lipinski definition) is 6. The second-order valence-corrected chi connectivity index (χ2v) is 10.1. The van der Waals surface area contributed by atoms with Gasteiger partial charge in [0.05, 0.1) is 19.3 Å². The van der Waals surface area contributed by atoms with Crippen LogP contribution in [0.2, 0.25) is 0 Å². The lowest BCUT2D eigenvalue weighted by molar-refractivity contribution is 0.0713. The summed E-state index contributed by atoms with van der Waals surface area (Å²) in [7, 11) is 5.54. The molecule has 0 spiro atoms. The van der Waals surface area contributed by atoms with E-state index in [1.54, 1.807) is 37.6 Å². The molecule has 1 aliphatic carbocycles. The standard InChI is InChI=1S/C29H38N4O5/c1-31(2)16-8-17-32(29(35)36)23-10-6-9-22(19-23)28(34)33-18-7-13-25(30-33)21-14-15-26(37-3)27(20-21)38-24-11-4-5-12-24/h6-7,9-10,14-15,18-20,24-25,30H,4-5,8,11-13,16-17H2,1-3H3,(H,35,36). The van der Waals surface area contributed by atoms with Crippen LogP contribution in [0.1, 0.15) is 60.5 Å². The molecule has 2 N–H and O–H groups in total. The smallest absolute Gasteiger partial charge is 0.411 e. The van der Waals surface area contributed by atoms with Gasteiger partial charge in [-0.15, -0.1) is 0 Å². The van der Waals surface area contributed by atoms with Gasteiger partial charge < -0.3 is 19.5 Å². The van der Waals surface area contributed by atoms with Gasteiger partial charge in [-0.3, -0.25) is 9.69 Å². The largest absolute Gasteiger partial charge is 0.493 e. The zero-order valence-electron chi connectivity index (χ0n) is 22.4. The summed E-state index contributed by atoms with van der Waals surface area (Å²) in [6.45, 7) is 1.11. The number of carbonyl (C=O) groups excluding carboxylic acids is 1. The Labute approximate surface area is 224 Å². The van der Waals surface area contributed by atoms with E-state index in [-0.39, 0.29) is 18.1 Å². The molecule has 1 unspecified atom stereocenters. The van der Waals surface area contributed by atoms with Crippen molar-refractivity contribution in [2.45, 2.75) is 50.7 Å². The lowest BCUT2D eigenvalue weighted by Gasteiger charge is -2.30. The normalized spacial score (nSPS) is 17.6. The van der Waals surface area contributed by atoms with Crippen LogP contribution in [-0.4, -0.2) is 67.4 Å². The Morgan fingerprint density at radius 2 is 1.87 bits per heavy atom. The van der Waals surface area contributed by atoms with Crippen molar-refractivity contribution in [2.24, 2.45) is 0 Å². The van der Waals surface area contributed by atoms with Gasteiger partial charge in [-0.2, -0.15) is 0 Å². The van der Waals surface area contributed by atoms with Crippen molar-refractivity contribution in [1.29, 1.82) is 0 Å². The molecule has 0 radical (unpaired) electrons. The fourth-order valence-corrected chi connectivity index (χ4v) is 4.92. The average Bonchev–Trinajstić information content (AvgIpc) is 3.43. The van der Waals surface area contributed by atoms with Gasteiger partial charge in [0, 0.05) is 24.0 Å². The zero-order chi connectivity index (χ0) is 27.1. The molecule has 2 amide bonds. The molecule has 2 aromatic rings. The van der Waals surface area contributed by atoms with Crippen LogP contribution in [0.15, 0.2) is 54.7 Å². The summed E-state index contributed by atoms with van der Waals surface area (Å²) in [5.74, 6) is 1.16. The van der Waals surface area contributed by atoms with Crippen molar-refractivity contribution >= 4 is 17.7 Å². The molecule has 9 nitrogen and oxygen atoms in total. The average molecular weight is 523 g/mol. The molecule has 1 aliphatic heterocycles. The van der Waals surface area contributed by atoms with Crippen LogP contribution in [0.3, 0.4) is 0 Å².